The number of esters is 1. The first-order chi connectivity index (χ1) is 11.8. The van der Waals surface area contributed by atoms with Crippen LogP contribution in [0.2, 0.25) is 0 Å². The van der Waals surface area contributed by atoms with E-state index in [2.05, 4.69) is 5.32 Å². The lowest BCUT2D eigenvalue weighted by Crippen LogP contribution is -2.45. The Labute approximate surface area is 143 Å². The summed E-state index contributed by atoms with van der Waals surface area (Å²) in [5, 5.41) is 2.53. The molecule has 1 atom stereocenters. The van der Waals surface area contributed by atoms with Gasteiger partial charge in [-0.1, -0.05) is 18.2 Å². The molecule has 0 radical (unpaired) electrons. The lowest BCUT2D eigenvalue weighted by molar-refractivity contribution is -0.131. The zero-order valence-corrected chi connectivity index (χ0v) is 13.5. The fourth-order valence-corrected chi connectivity index (χ4v) is 2.19. The summed E-state index contributed by atoms with van der Waals surface area (Å²) < 4.78 is 17.9. The number of hydrogen-bond acceptors (Lipinski definition) is 4. The molecule has 0 aliphatic rings. The van der Waals surface area contributed by atoms with Gasteiger partial charge in [0.1, 0.15) is 17.6 Å². The summed E-state index contributed by atoms with van der Waals surface area (Å²) in [6.07, 6.45) is 0.130. The van der Waals surface area contributed by atoms with E-state index < -0.39 is 29.6 Å². The van der Waals surface area contributed by atoms with Gasteiger partial charge in [-0.15, -0.1) is 0 Å². The Hall–Kier alpha value is -3.22. The smallest absolute Gasteiger partial charge is 0.308 e. The fraction of sp³-hybridized carbons (Fsp3) is 0.167. The third-order valence-corrected chi connectivity index (χ3v) is 3.36. The molecule has 0 aliphatic carbocycles. The van der Waals surface area contributed by atoms with Gasteiger partial charge in [0, 0.05) is 18.9 Å². The molecule has 2 aromatic rings. The van der Waals surface area contributed by atoms with Gasteiger partial charge in [0.05, 0.1) is 0 Å². The Bertz CT molecular complexity index is 790. The number of rotatable bonds is 6. The molecule has 25 heavy (non-hydrogen) atoms. The minimum atomic E-state index is -0.963. The van der Waals surface area contributed by atoms with E-state index in [-0.39, 0.29) is 17.7 Å². The van der Waals surface area contributed by atoms with Crippen molar-refractivity contribution in [2.45, 2.75) is 19.4 Å². The lowest BCUT2D eigenvalue weighted by atomic mass is 10.0. The average molecular weight is 344 g/mol. The van der Waals surface area contributed by atoms with E-state index in [1.807, 2.05) is 0 Å². The number of carbonyl (C=O) groups is 3. The van der Waals surface area contributed by atoms with Crippen LogP contribution in [-0.4, -0.2) is 23.8 Å². The maximum absolute atomic E-state index is 12.9. The van der Waals surface area contributed by atoms with Gasteiger partial charge in [0.2, 0.25) is 5.91 Å². The monoisotopic (exact) mass is 344 g/mol. The van der Waals surface area contributed by atoms with Crippen molar-refractivity contribution in [3.05, 3.63) is 65.5 Å². The molecular formula is C18H17FN2O4. The SMILES string of the molecule is CC(=O)Oc1cccc(C(=O)N[C@H](Cc2ccc(F)cc2)C(N)=O)c1. The molecule has 130 valence electrons. The minimum Gasteiger partial charge on any atom is -0.427 e. The van der Waals surface area contributed by atoms with Crippen LogP contribution in [0.5, 0.6) is 5.75 Å². The molecule has 2 rings (SSSR count). The van der Waals surface area contributed by atoms with Crippen molar-refractivity contribution in [2.24, 2.45) is 5.73 Å². The van der Waals surface area contributed by atoms with Crippen LogP contribution in [0.3, 0.4) is 0 Å². The zero-order valence-electron chi connectivity index (χ0n) is 13.5. The summed E-state index contributed by atoms with van der Waals surface area (Å²) in [7, 11) is 0. The Morgan fingerprint density at radius 2 is 1.84 bits per heavy atom. The highest BCUT2D eigenvalue weighted by molar-refractivity contribution is 5.97. The number of nitrogens with two attached hydrogens (primary N) is 1. The Kier molecular flexibility index (Phi) is 5.84. The predicted molar refractivity (Wildman–Crippen MR) is 88.3 cm³/mol. The van der Waals surface area contributed by atoms with Crippen LogP contribution in [0.25, 0.3) is 0 Å². The van der Waals surface area contributed by atoms with Gasteiger partial charge in [0.25, 0.3) is 5.91 Å². The number of carbonyl (C=O) groups excluding carboxylic acids is 3. The van der Waals surface area contributed by atoms with Crippen LogP contribution < -0.4 is 15.8 Å². The van der Waals surface area contributed by atoms with Gasteiger partial charge in [0.15, 0.2) is 0 Å². The van der Waals surface area contributed by atoms with Gasteiger partial charge >= 0.3 is 5.97 Å². The van der Waals surface area contributed by atoms with E-state index in [1.165, 1.54) is 49.4 Å². The number of nitrogens with one attached hydrogen (secondary N) is 1. The first-order valence-corrected chi connectivity index (χ1v) is 7.48. The van der Waals surface area contributed by atoms with E-state index in [0.29, 0.717) is 5.56 Å². The standard InChI is InChI=1S/C18H17FN2O4/c1-11(22)25-15-4-2-3-13(10-15)18(24)21-16(17(20)23)9-12-5-7-14(19)8-6-12/h2-8,10,16H,9H2,1H3,(H2,20,23)(H,21,24)/t16-/m1/s1. The summed E-state index contributed by atoms with van der Waals surface area (Å²) in [6, 6.07) is 10.6. The van der Waals surface area contributed by atoms with Crippen molar-refractivity contribution in [1.82, 2.24) is 5.32 Å². The number of halogens is 1. The van der Waals surface area contributed by atoms with E-state index >= 15 is 0 Å². The second-order valence-corrected chi connectivity index (χ2v) is 5.38. The zero-order chi connectivity index (χ0) is 18.4. The second-order valence-electron chi connectivity index (χ2n) is 5.38. The number of ether oxygens (including phenoxy) is 1. The molecule has 7 heteroatoms. The average Bonchev–Trinajstić information content (AvgIpc) is 2.55. The van der Waals surface area contributed by atoms with E-state index in [0.717, 1.165) is 0 Å². The quantitative estimate of drug-likeness (QED) is 0.614. The number of amides is 2. The fourth-order valence-electron chi connectivity index (χ4n) is 2.19. The molecule has 0 heterocycles. The van der Waals surface area contributed by atoms with Crippen molar-refractivity contribution < 1.29 is 23.5 Å². The largest absolute Gasteiger partial charge is 0.427 e. The molecule has 0 aromatic heterocycles. The second kappa shape index (κ2) is 8.05. The van der Waals surface area contributed by atoms with Gasteiger partial charge in [-0.25, -0.2) is 4.39 Å². The Morgan fingerprint density at radius 1 is 1.16 bits per heavy atom. The van der Waals surface area contributed by atoms with Crippen molar-refractivity contribution in [2.75, 3.05) is 0 Å². The van der Waals surface area contributed by atoms with Gasteiger partial charge in [-0.2, -0.15) is 0 Å². The summed E-state index contributed by atoms with van der Waals surface area (Å²) in [5.74, 6) is -1.95. The molecule has 0 saturated heterocycles. The number of hydrogen-bond donors (Lipinski definition) is 2. The summed E-state index contributed by atoms with van der Waals surface area (Å²) >= 11 is 0. The minimum absolute atomic E-state index is 0.130. The van der Waals surface area contributed by atoms with Crippen LogP contribution in [0.15, 0.2) is 48.5 Å². The Balaban J connectivity index is 2.11. The molecule has 0 aliphatic heterocycles. The molecule has 3 N–H and O–H groups in total. The maximum Gasteiger partial charge on any atom is 0.308 e. The van der Waals surface area contributed by atoms with Gasteiger partial charge < -0.3 is 15.8 Å². The molecule has 0 saturated carbocycles. The maximum atomic E-state index is 12.9. The van der Waals surface area contributed by atoms with Crippen molar-refractivity contribution in [1.29, 1.82) is 0 Å². The third kappa shape index (κ3) is 5.42. The normalized spacial score (nSPS) is 11.4. The molecule has 2 aromatic carbocycles. The summed E-state index contributed by atoms with van der Waals surface area (Å²) in [6.45, 7) is 1.25. The molecule has 0 spiro atoms. The van der Waals surface area contributed by atoms with Crippen molar-refractivity contribution in [3.8, 4) is 5.75 Å². The van der Waals surface area contributed by atoms with Crippen molar-refractivity contribution >= 4 is 17.8 Å². The highest BCUT2D eigenvalue weighted by Crippen LogP contribution is 2.14. The van der Waals surface area contributed by atoms with Crippen LogP contribution >= 0.6 is 0 Å². The summed E-state index contributed by atoms with van der Waals surface area (Å²) in [5.41, 5.74) is 6.20. The number of primary amides is 1. The first kappa shape index (κ1) is 18.1. The van der Waals surface area contributed by atoms with E-state index in [9.17, 15) is 18.8 Å². The highest BCUT2D eigenvalue weighted by Gasteiger charge is 2.20. The molecule has 0 fully saturated rings. The highest BCUT2D eigenvalue weighted by atomic mass is 19.1. The number of benzene rings is 2. The Morgan fingerprint density at radius 3 is 2.44 bits per heavy atom. The predicted octanol–water partition coefficient (Wildman–Crippen LogP) is 1.58. The molecule has 2 amide bonds. The lowest BCUT2D eigenvalue weighted by Gasteiger charge is -2.16. The molecular weight excluding hydrogens is 327 g/mol. The molecule has 6 nitrogen and oxygen atoms in total. The van der Waals surface area contributed by atoms with Crippen LogP contribution in [0.1, 0.15) is 22.8 Å². The van der Waals surface area contributed by atoms with E-state index in [4.69, 9.17) is 10.5 Å². The van der Waals surface area contributed by atoms with Gasteiger partial charge in [-0.3, -0.25) is 14.4 Å². The van der Waals surface area contributed by atoms with Crippen molar-refractivity contribution in [3.63, 3.8) is 0 Å². The first-order valence-electron chi connectivity index (χ1n) is 7.48. The van der Waals surface area contributed by atoms with Gasteiger partial charge in [-0.05, 0) is 35.9 Å². The van der Waals surface area contributed by atoms with Crippen LogP contribution in [0, 0.1) is 5.82 Å². The molecule has 0 bridgehead atoms. The van der Waals surface area contributed by atoms with Crippen LogP contribution in [0.4, 0.5) is 4.39 Å². The molecule has 0 unspecified atom stereocenters. The topological polar surface area (TPSA) is 98.5 Å². The van der Waals surface area contributed by atoms with E-state index in [1.54, 1.807) is 6.07 Å². The third-order valence-electron chi connectivity index (χ3n) is 3.36. The van der Waals surface area contributed by atoms with Crippen LogP contribution in [-0.2, 0) is 16.0 Å². The summed E-state index contributed by atoms with van der Waals surface area (Å²) in [4.78, 5) is 34.9.